The van der Waals surface area contributed by atoms with Gasteiger partial charge in [0.15, 0.2) is 0 Å². The van der Waals surface area contributed by atoms with Crippen LogP contribution in [-0.2, 0) is 11.2 Å². The number of amides is 1. The second-order valence-electron chi connectivity index (χ2n) is 8.36. The molecule has 0 aliphatic carbocycles. The van der Waals surface area contributed by atoms with Crippen LogP contribution in [0.4, 0.5) is 14.5 Å². The molecular weight excluding hydrogens is 454 g/mol. The van der Waals surface area contributed by atoms with Gasteiger partial charge >= 0.3 is 0 Å². The van der Waals surface area contributed by atoms with Crippen LogP contribution in [-0.4, -0.2) is 50.8 Å². The molecule has 35 heavy (non-hydrogen) atoms. The summed E-state index contributed by atoms with van der Waals surface area (Å²) < 4.78 is 36.7. The first-order valence-corrected chi connectivity index (χ1v) is 11.3. The fourth-order valence-corrected chi connectivity index (χ4v) is 4.48. The molecule has 180 valence electrons. The second kappa shape index (κ2) is 9.28. The monoisotopic (exact) mass is 478 g/mol. The van der Waals surface area contributed by atoms with Gasteiger partial charge in [-0.15, -0.1) is 5.10 Å². The number of ether oxygens (including phenoxy) is 1. The highest BCUT2D eigenvalue weighted by Gasteiger charge is 2.33. The lowest BCUT2D eigenvalue weighted by Gasteiger charge is -2.24. The van der Waals surface area contributed by atoms with Crippen LogP contribution in [0.15, 0.2) is 55.1 Å². The predicted octanol–water partition coefficient (Wildman–Crippen LogP) is 4.08. The van der Waals surface area contributed by atoms with Crippen LogP contribution >= 0.6 is 0 Å². The van der Waals surface area contributed by atoms with Crippen molar-refractivity contribution in [3.8, 4) is 22.7 Å². The number of imidazole rings is 1. The summed E-state index contributed by atoms with van der Waals surface area (Å²) in [6, 6.07) is 9.43. The number of hydrogen-bond donors (Lipinski definition) is 0. The van der Waals surface area contributed by atoms with Gasteiger partial charge in [-0.25, -0.2) is 18.4 Å². The number of benzene rings is 2. The summed E-state index contributed by atoms with van der Waals surface area (Å²) in [5.41, 5.74) is 3.83. The minimum atomic E-state index is -0.737. The first-order valence-electron chi connectivity index (χ1n) is 11.3. The number of fused-ring (bicyclic) bond motifs is 1. The molecule has 2 aromatic heterocycles. The molecule has 0 saturated carbocycles. The van der Waals surface area contributed by atoms with Crippen LogP contribution in [0, 0.1) is 12.7 Å². The third-order valence-corrected chi connectivity index (χ3v) is 6.21. The van der Waals surface area contributed by atoms with Gasteiger partial charge in [0.25, 0.3) is 5.91 Å². The number of halogens is 2. The first-order chi connectivity index (χ1) is 17.0. The van der Waals surface area contributed by atoms with Crippen molar-refractivity contribution in [2.24, 2.45) is 0 Å². The molecule has 1 atom stereocenters. The highest BCUT2D eigenvalue weighted by Crippen LogP contribution is 2.34. The highest BCUT2D eigenvalue weighted by atomic mass is 19.1. The van der Waals surface area contributed by atoms with Crippen LogP contribution in [0.3, 0.4) is 0 Å². The summed E-state index contributed by atoms with van der Waals surface area (Å²) in [5, 5.41) is 8.47. The van der Waals surface area contributed by atoms with E-state index in [1.807, 2.05) is 35.9 Å². The number of aryl methyl sites for hydroxylation is 1. The molecule has 0 spiro atoms. The van der Waals surface area contributed by atoms with Crippen molar-refractivity contribution in [3.05, 3.63) is 72.2 Å². The third kappa shape index (κ3) is 4.16. The van der Waals surface area contributed by atoms with E-state index >= 15 is 0 Å². The number of hydrogen-bond acceptors (Lipinski definition) is 5. The fraction of sp³-hybridized carbons (Fsp3) is 0.280. The van der Waals surface area contributed by atoms with Gasteiger partial charge in [-0.1, -0.05) is 17.3 Å². The highest BCUT2D eigenvalue weighted by molar-refractivity contribution is 5.97. The lowest BCUT2D eigenvalue weighted by Crippen LogP contribution is -2.38. The van der Waals surface area contributed by atoms with Crippen molar-refractivity contribution in [2.45, 2.75) is 25.8 Å². The second-order valence-corrected chi connectivity index (χ2v) is 8.36. The maximum Gasteiger partial charge on any atom is 0.252 e. The van der Waals surface area contributed by atoms with E-state index in [-0.39, 0.29) is 12.5 Å². The van der Waals surface area contributed by atoms with Crippen molar-refractivity contribution >= 4 is 11.6 Å². The average molecular weight is 479 g/mol. The summed E-state index contributed by atoms with van der Waals surface area (Å²) in [4.78, 5) is 18.9. The Morgan fingerprint density at radius 1 is 1.17 bits per heavy atom. The van der Waals surface area contributed by atoms with Gasteiger partial charge in [-0.2, -0.15) is 0 Å². The summed E-state index contributed by atoms with van der Waals surface area (Å²) >= 11 is 0. The molecule has 0 fully saturated rings. The van der Waals surface area contributed by atoms with Gasteiger partial charge in [-0.3, -0.25) is 4.79 Å². The number of carbonyl (C=O) groups is 1. The Morgan fingerprint density at radius 2 is 2.03 bits per heavy atom. The Morgan fingerprint density at radius 3 is 2.77 bits per heavy atom. The molecule has 0 radical (unpaired) electrons. The predicted molar refractivity (Wildman–Crippen MR) is 126 cm³/mol. The molecule has 1 aliphatic heterocycles. The molecule has 1 aliphatic rings. The zero-order valence-electron chi connectivity index (χ0n) is 19.4. The van der Waals surface area contributed by atoms with Gasteiger partial charge in [0.2, 0.25) is 0 Å². The smallest absolute Gasteiger partial charge is 0.252 e. The number of rotatable bonds is 6. The number of anilines is 1. The van der Waals surface area contributed by atoms with Gasteiger partial charge < -0.3 is 14.2 Å². The minimum absolute atomic E-state index is 0.153. The van der Waals surface area contributed by atoms with E-state index in [4.69, 9.17) is 4.74 Å². The maximum absolute atomic E-state index is 14.5. The van der Waals surface area contributed by atoms with E-state index in [9.17, 15) is 13.6 Å². The quantitative estimate of drug-likeness (QED) is 0.417. The van der Waals surface area contributed by atoms with Crippen molar-refractivity contribution in [1.82, 2.24) is 24.5 Å². The molecule has 0 bridgehead atoms. The number of carbonyl (C=O) groups excluding carboxylic acids is 1. The van der Waals surface area contributed by atoms with Crippen LogP contribution in [0.2, 0.25) is 0 Å². The van der Waals surface area contributed by atoms with E-state index in [1.54, 1.807) is 25.7 Å². The largest absolute Gasteiger partial charge is 0.495 e. The van der Waals surface area contributed by atoms with Crippen LogP contribution in [0.25, 0.3) is 16.9 Å². The number of alkyl halides is 1. The van der Waals surface area contributed by atoms with Crippen molar-refractivity contribution < 1.29 is 18.3 Å². The van der Waals surface area contributed by atoms with Gasteiger partial charge in [-0.05, 0) is 44.0 Å². The molecule has 1 amide bonds. The topological polar surface area (TPSA) is 78.1 Å². The molecule has 0 N–H and O–H groups in total. The number of nitrogens with zero attached hydrogens (tertiary/aromatic N) is 6. The molecule has 10 heteroatoms. The zero-order chi connectivity index (χ0) is 24.5. The fourth-order valence-electron chi connectivity index (χ4n) is 4.48. The lowest BCUT2D eigenvalue weighted by atomic mass is 10.1. The van der Waals surface area contributed by atoms with Gasteiger partial charge in [0.1, 0.15) is 30.0 Å². The van der Waals surface area contributed by atoms with E-state index in [1.165, 1.54) is 21.7 Å². The normalized spacial score (nSPS) is 15.7. The summed E-state index contributed by atoms with van der Waals surface area (Å²) in [7, 11) is 1.59. The maximum atomic E-state index is 14.5. The molecule has 4 aromatic rings. The Bertz CT molecular complexity index is 1380. The van der Waals surface area contributed by atoms with E-state index < -0.39 is 18.5 Å². The number of methoxy groups -OCH3 is 1. The molecular formula is C25H24F2N6O2. The van der Waals surface area contributed by atoms with Gasteiger partial charge in [0, 0.05) is 23.0 Å². The first kappa shape index (κ1) is 22.7. The van der Waals surface area contributed by atoms with E-state index in [2.05, 4.69) is 15.3 Å². The Labute approximate surface area is 200 Å². The van der Waals surface area contributed by atoms with Crippen LogP contribution < -0.4 is 9.64 Å². The van der Waals surface area contributed by atoms with Crippen molar-refractivity contribution in [2.75, 3.05) is 25.2 Å². The summed E-state index contributed by atoms with van der Waals surface area (Å²) in [6.07, 6.45) is 5.93. The van der Waals surface area contributed by atoms with Crippen molar-refractivity contribution in [1.29, 1.82) is 0 Å². The minimum Gasteiger partial charge on any atom is -0.495 e. The standard InChI is InChI=1S/C25H24F2N6O2/c1-16-13-31(15-28-16)22-8-6-17(12-24(22)35-2)20-14-33(30-29-20)23-9-7-18-19(27)4-3-5-21(18)32(11-10-26)25(23)34/h3-6,8,12-15,23H,7,9-11H2,1-2H3/t23-/m0/s1. The molecule has 5 rings (SSSR count). The summed E-state index contributed by atoms with van der Waals surface area (Å²) in [5.74, 6) is -0.119. The summed E-state index contributed by atoms with van der Waals surface area (Å²) in [6.45, 7) is 1.02. The zero-order valence-corrected chi connectivity index (χ0v) is 19.4. The number of aromatic nitrogens is 5. The van der Waals surface area contributed by atoms with Crippen molar-refractivity contribution in [3.63, 3.8) is 0 Å². The molecule has 8 nitrogen and oxygen atoms in total. The van der Waals surface area contributed by atoms with E-state index in [0.29, 0.717) is 35.5 Å². The lowest BCUT2D eigenvalue weighted by molar-refractivity contribution is -0.122. The van der Waals surface area contributed by atoms with Crippen LogP contribution in [0.5, 0.6) is 5.75 Å². The SMILES string of the molecule is COc1cc(-c2cn([C@H]3CCc4c(F)cccc4N(CCF)C3=O)nn2)ccc1-n1cnc(C)c1. The third-order valence-electron chi connectivity index (χ3n) is 6.21. The van der Waals surface area contributed by atoms with Crippen LogP contribution in [0.1, 0.15) is 23.7 Å². The molecule has 0 saturated heterocycles. The average Bonchev–Trinajstić information content (AvgIpc) is 3.49. The Hall–Kier alpha value is -4.08. The van der Waals surface area contributed by atoms with E-state index in [0.717, 1.165) is 16.9 Å². The Balaban J connectivity index is 1.46. The molecule has 0 unspecified atom stereocenters. The van der Waals surface area contributed by atoms with Gasteiger partial charge in [0.05, 0.1) is 37.6 Å². The Kier molecular flexibility index (Phi) is 6.02. The molecule has 2 aromatic carbocycles. The molecule has 3 heterocycles.